The SMILES string of the molecule is CCCCOC(C)[C@@H]1O[C@H](C)[C@H]2C(=O)N[C@H]2O1. The smallest absolute Gasteiger partial charge is 0.232 e. The van der Waals surface area contributed by atoms with Crippen LogP contribution in [0.15, 0.2) is 0 Å². The summed E-state index contributed by atoms with van der Waals surface area (Å²) in [6.07, 6.45) is 1.34. The van der Waals surface area contributed by atoms with Crippen LogP contribution in [0.3, 0.4) is 0 Å². The summed E-state index contributed by atoms with van der Waals surface area (Å²) in [5.41, 5.74) is 0. The predicted molar refractivity (Wildman–Crippen MR) is 61.2 cm³/mol. The summed E-state index contributed by atoms with van der Waals surface area (Å²) < 4.78 is 17.0. The van der Waals surface area contributed by atoms with Crippen LogP contribution < -0.4 is 5.32 Å². The Morgan fingerprint density at radius 1 is 1.47 bits per heavy atom. The lowest BCUT2D eigenvalue weighted by Crippen LogP contribution is -2.68. The molecule has 2 saturated heterocycles. The normalized spacial score (nSPS) is 37.9. The van der Waals surface area contributed by atoms with Crippen molar-refractivity contribution in [1.82, 2.24) is 5.32 Å². The summed E-state index contributed by atoms with van der Waals surface area (Å²) in [5.74, 6) is -0.144. The Balaban J connectivity index is 1.80. The van der Waals surface area contributed by atoms with Gasteiger partial charge in [0.1, 0.15) is 18.2 Å². The van der Waals surface area contributed by atoms with Crippen LogP contribution in [0.4, 0.5) is 0 Å². The van der Waals surface area contributed by atoms with Gasteiger partial charge >= 0.3 is 0 Å². The Kier molecular flexibility index (Phi) is 4.01. The maximum absolute atomic E-state index is 11.3. The van der Waals surface area contributed by atoms with Crippen molar-refractivity contribution in [3.05, 3.63) is 0 Å². The molecule has 5 heteroatoms. The van der Waals surface area contributed by atoms with Crippen LogP contribution in [0, 0.1) is 5.92 Å². The van der Waals surface area contributed by atoms with E-state index in [1.165, 1.54) is 0 Å². The van der Waals surface area contributed by atoms with Crippen molar-refractivity contribution < 1.29 is 19.0 Å². The highest BCUT2D eigenvalue weighted by molar-refractivity contribution is 5.85. The van der Waals surface area contributed by atoms with E-state index < -0.39 is 0 Å². The fraction of sp³-hybridized carbons (Fsp3) is 0.917. The molecule has 0 aromatic rings. The number of nitrogens with one attached hydrogen (secondary N) is 1. The zero-order valence-corrected chi connectivity index (χ0v) is 10.6. The zero-order valence-electron chi connectivity index (χ0n) is 10.6. The first-order chi connectivity index (χ1) is 8.13. The van der Waals surface area contributed by atoms with Crippen molar-refractivity contribution in [2.75, 3.05) is 6.61 Å². The number of fused-ring (bicyclic) bond motifs is 1. The molecule has 0 aliphatic carbocycles. The van der Waals surface area contributed by atoms with Gasteiger partial charge in [-0.2, -0.15) is 0 Å². The van der Waals surface area contributed by atoms with Gasteiger partial charge in [0.05, 0.1) is 6.10 Å². The molecule has 17 heavy (non-hydrogen) atoms. The number of β-lactam (4-membered cyclic amide) rings is 1. The molecule has 5 atom stereocenters. The van der Waals surface area contributed by atoms with E-state index in [-0.39, 0.29) is 36.6 Å². The van der Waals surface area contributed by atoms with Gasteiger partial charge in [0.25, 0.3) is 0 Å². The summed E-state index contributed by atoms with van der Waals surface area (Å²) in [4.78, 5) is 11.3. The van der Waals surface area contributed by atoms with E-state index >= 15 is 0 Å². The molecule has 0 radical (unpaired) electrons. The summed E-state index contributed by atoms with van der Waals surface area (Å²) in [7, 11) is 0. The van der Waals surface area contributed by atoms with Crippen LogP contribution in [-0.4, -0.2) is 37.2 Å². The quantitative estimate of drug-likeness (QED) is 0.578. The van der Waals surface area contributed by atoms with Crippen molar-refractivity contribution in [2.45, 2.75) is 58.3 Å². The molecule has 1 unspecified atom stereocenters. The minimum atomic E-state index is -0.385. The number of hydrogen-bond donors (Lipinski definition) is 1. The molecule has 1 amide bonds. The van der Waals surface area contributed by atoms with E-state index in [1.54, 1.807) is 0 Å². The topological polar surface area (TPSA) is 56.8 Å². The third-order valence-corrected chi connectivity index (χ3v) is 3.31. The second-order valence-corrected chi connectivity index (χ2v) is 4.73. The van der Waals surface area contributed by atoms with E-state index in [9.17, 15) is 4.79 Å². The van der Waals surface area contributed by atoms with Gasteiger partial charge in [-0.3, -0.25) is 4.79 Å². The molecule has 1 N–H and O–H groups in total. The highest BCUT2D eigenvalue weighted by atomic mass is 16.7. The monoisotopic (exact) mass is 243 g/mol. The van der Waals surface area contributed by atoms with E-state index in [4.69, 9.17) is 14.2 Å². The standard InChI is InChI=1S/C12H21NO4/c1-4-5-6-15-8(3)12-16-7(2)9-10(14)13-11(9)17-12/h7-9,11-12H,4-6H2,1-3H3,(H,13,14)/t7-,8?,9+,11+,12-/m1/s1. The Labute approximate surface area is 102 Å². The van der Waals surface area contributed by atoms with Gasteiger partial charge in [0, 0.05) is 6.61 Å². The number of rotatable bonds is 5. The van der Waals surface area contributed by atoms with Crippen LogP contribution in [0.25, 0.3) is 0 Å². The lowest BCUT2D eigenvalue weighted by atomic mass is 9.92. The molecule has 2 rings (SSSR count). The summed E-state index contributed by atoms with van der Waals surface area (Å²) in [5, 5.41) is 2.73. The molecule has 2 aliphatic rings. The van der Waals surface area contributed by atoms with Crippen molar-refractivity contribution in [3.8, 4) is 0 Å². The molecule has 0 aromatic carbocycles. The van der Waals surface area contributed by atoms with Gasteiger partial charge in [-0.05, 0) is 20.3 Å². The summed E-state index contributed by atoms with van der Waals surface area (Å²) in [6.45, 7) is 6.69. The van der Waals surface area contributed by atoms with E-state index in [0.717, 1.165) is 19.4 Å². The molecule has 98 valence electrons. The average molecular weight is 243 g/mol. The van der Waals surface area contributed by atoms with Crippen LogP contribution in [-0.2, 0) is 19.0 Å². The maximum Gasteiger partial charge on any atom is 0.232 e. The van der Waals surface area contributed by atoms with Gasteiger partial charge in [-0.15, -0.1) is 0 Å². The highest BCUT2D eigenvalue weighted by Crippen LogP contribution is 2.31. The molecule has 2 aliphatic heterocycles. The molecule has 0 bridgehead atoms. The number of ether oxygens (including phenoxy) is 3. The molecule has 0 aromatic heterocycles. The van der Waals surface area contributed by atoms with Crippen LogP contribution in [0.2, 0.25) is 0 Å². The van der Waals surface area contributed by atoms with Crippen LogP contribution >= 0.6 is 0 Å². The summed E-state index contributed by atoms with van der Waals surface area (Å²) >= 11 is 0. The number of amides is 1. The van der Waals surface area contributed by atoms with Crippen LogP contribution in [0.5, 0.6) is 0 Å². The fourth-order valence-corrected chi connectivity index (χ4v) is 2.13. The Hall–Kier alpha value is -0.650. The number of carbonyl (C=O) groups is 1. The molecular weight excluding hydrogens is 222 g/mol. The second-order valence-electron chi connectivity index (χ2n) is 4.73. The fourth-order valence-electron chi connectivity index (χ4n) is 2.13. The minimum Gasteiger partial charge on any atom is -0.373 e. The Bertz CT molecular complexity index is 276. The first kappa shape index (κ1) is 12.8. The van der Waals surface area contributed by atoms with Gasteiger partial charge < -0.3 is 19.5 Å². The number of unbranched alkanes of at least 4 members (excludes halogenated alkanes) is 1. The average Bonchev–Trinajstić information content (AvgIpc) is 2.26. The number of carbonyl (C=O) groups excluding carboxylic acids is 1. The predicted octanol–water partition coefficient (Wildman–Crippen LogP) is 1.03. The zero-order chi connectivity index (χ0) is 12.4. The van der Waals surface area contributed by atoms with E-state index in [2.05, 4.69) is 12.2 Å². The molecular formula is C12H21NO4. The summed E-state index contributed by atoms with van der Waals surface area (Å²) in [6, 6.07) is 0. The van der Waals surface area contributed by atoms with Crippen LogP contribution in [0.1, 0.15) is 33.6 Å². The first-order valence-corrected chi connectivity index (χ1v) is 6.36. The molecule has 5 nitrogen and oxygen atoms in total. The van der Waals surface area contributed by atoms with Gasteiger partial charge in [-0.1, -0.05) is 13.3 Å². The number of hydrogen-bond acceptors (Lipinski definition) is 4. The Morgan fingerprint density at radius 2 is 2.24 bits per heavy atom. The third-order valence-electron chi connectivity index (χ3n) is 3.31. The van der Waals surface area contributed by atoms with Crippen molar-refractivity contribution in [2.24, 2.45) is 5.92 Å². The van der Waals surface area contributed by atoms with Crippen molar-refractivity contribution in [3.63, 3.8) is 0 Å². The maximum atomic E-state index is 11.3. The van der Waals surface area contributed by atoms with E-state index in [0.29, 0.717) is 0 Å². The van der Waals surface area contributed by atoms with Crippen molar-refractivity contribution in [1.29, 1.82) is 0 Å². The highest BCUT2D eigenvalue weighted by Gasteiger charge is 2.50. The molecule has 0 saturated carbocycles. The second kappa shape index (κ2) is 5.33. The minimum absolute atomic E-state index is 0.0144. The molecule has 2 fully saturated rings. The lowest BCUT2D eigenvalue weighted by Gasteiger charge is -2.47. The largest absolute Gasteiger partial charge is 0.373 e. The first-order valence-electron chi connectivity index (χ1n) is 6.36. The molecule has 2 heterocycles. The molecule has 0 spiro atoms. The Morgan fingerprint density at radius 3 is 2.82 bits per heavy atom. The van der Waals surface area contributed by atoms with Crippen molar-refractivity contribution >= 4 is 5.91 Å². The third kappa shape index (κ3) is 2.61. The van der Waals surface area contributed by atoms with E-state index in [1.807, 2.05) is 13.8 Å². The lowest BCUT2D eigenvalue weighted by molar-refractivity contribution is -0.311. The van der Waals surface area contributed by atoms with Gasteiger partial charge in [0.15, 0.2) is 6.29 Å². The van der Waals surface area contributed by atoms with Gasteiger partial charge in [-0.25, -0.2) is 0 Å². The van der Waals surface area contributed by atoms with Gasteiger partial charge in [0.2, 0.25) is 5.91 Å².